The van der Waals surface area contributed by atoms with Crippen molar-refractivity contribution < 1.29 is 19.0 Å². The minimum absolute atomic E-state index is 0. The van der Waals surface area contributed by atoms with Crippen molar-refractivity contribution in [2.75, 3.05) is 39.5 Å². The number of hydrogen-bond donors (Lipinski definition) is 1. The van der Waals surface area contributed by atoms with Gasteiger partial charge in [0.2, 0.25) is 0 Å². The highest BCUT2D eigenvalue weighted by Crippen LogP contribution is 1.96. The molecule has 1 heterocycles. The maximum atomic E-state index is 10.9. The van der Waals surface area contributed by atoms with Crippen LogP contribution in [0.5, 0.6) is 0 Å². The molecule has 0 aromatic rings. The van der Waals surface area contributed by atoms with E-state index in [1.807, 2.05) is 0 Å². The molecule has 90 valence electrons. The number of rotatable bonds is 5. The molecule has 1 N–H and O–H groups in total. The van der Waals surface area contributed by atoms with Crippen LogP contribution in [0.2, 0.25) is 0 Å². The van der Waals surface area contributed by atoms with Gasteiger partial charge < -0.3 is 19.5 Å². The average Bonchev–Trinajstić information content (AvgIpc) is 2.20. The Bertz CT molecular complexity index is 173. The van der Waals surface area contributed by atoms with E-state index in [9.17, 15) is 4.79 Å². The normalized spacial score (nSPS) is 20.5. The van der Waals surface area contributed by atoms with Gasteiger partial charge in [-0.3, -0.25) is 0 Å². The van der Waals surface area contributed by atoms with Gasteiger partial charge in [-0.05, 0) is 6.92 Å². The van der Waals surface area contributed by atoms with Crippen LogP contribution in [0.15, 0.2) is 0 Å². The van der Waals surface area contributed by atoms with Crippen LogP contribution in [-0.2, 0) is 19.0 Å². The first-order valence-electron chi connectivity index (χ1n) is 4.88. The van der Waals surface area contributed by atoms with Gasteiger partial charge in [0.05, 0.1) is 25.9 Å². The number of nitrogens with one attached hydrogen (secondary N) is 1. The molecule has 0 aromatic carbocycles. The third-order valence-corrected chi connectivity index (χ3v) is 1.83. The van der Waals surface area contributed by atoms with Crippen LogP contribution in [0.3, 0.4) is 0 Å². The van der Waals surface area contributed by atoms with Crippen molar-refractivity contribution in [2.24, 2.45) is 0 Å². The second-order valence-electron chi connectivity index (χ2n) is 3.02. The Morgan fingerprint density at radius 3 is 3.00 bits per heavy atom. The zero-order chi connectivity index (χ0) is 10.2. The van der Waals surface area contributed by atoms with Crippen molar-refractivity contribution in [1.29, 1.82) is 0 Å². The van der Waals surface area contributed by atoms with E-state index in [1.54, 1.807) is 6.92 Å². The lowest BCUT2D eigenvalue weighted by Crippen LogP contribution is -2.41. The van der Waals surface area contributed by atoms with Crippen molar-refractivity contribution in [3.05, 3.63) is 0 Å². The SMILES string of the molecule is CCOC(=O)COCC1CNCCO1.Cl. The van der Waals surface area contributed by atoms with Crippen molar-refractivity contribution in [3.63, 3.8) is 0 Å². The first kappa shape index (κ1) is 14.6. The highest BCUT2D eigenvalue weighted by Gasteiger charge is 2.13. The lowest BCUT2D eigenvalue weighted by molar-refractivity contribution is -0.150. The Morgan fingerprint density at radius 2 is 2.40 bits per heavy atom. The van der Waals surface area contributed by atoms with E-state index < -0.39 is 0 Å². The minimum Gasteiger partial charge on any atom is -0.464 e. The Labute approximate surface area is 95.9 Å². The van der Waals surface area contributed by atoms with Gasteiger partial charge in [-0.15, -0.1) is 12.4 Å². The lowest BCUT2D eigenvalue weighted by atomic mass is 10.3. The molecule has 0 aliphatic carbocycles. The van der Waals surface area contributed by atoms with E-state index >= 15 is 0 Å². The smallest absolute Gasteiger partial charge is 0.332 e. The Kier molecular flexibility index (Phi) is 8.70. The molecule has 1 fully saturated rings. The highest BCUT2D eigenvalue weighted by atomic mass is 35.5. The van der Waals surface area contributed by atoms with Gasteiger partial charge in [0.25, 0.3) is 0 Å². The van der Waals surface area contributed by atoms with E-state index in [2.05, 4.69) is 5.32 Å². The molecule has 1 aliphatic rings. The van der Waals surface area contributed by atoms with Gasteiger partial charge in [0.1, 0.15) is 6.61 Å². The lowest BCUT2D eigenvalue weighted by Gasteiger charge is -2.23. The van der Waals surface area contributed by atoms with Crippen molar-refractivity contribution in [1.82, 2.24) is 5.32 Å². The van der Waals surface area contributed by atoms with Gasteiger partial charge in [0.15, 0.2) is 0 Å². The van der Waals surface area contributed by atoms with Gasteiger partial charge >= 0.3 is 5.97 Å². The molecule has 0 amide bonds. The molecule has 1 atom stereocenters. The number of hydrogen-bond acceptors (Lipinski definition) is 5. The predicted molar refractivity (Wildman–Crippen MR) is 57.3 cm³/mol. The summed E-state index contributed by atoms with van der Waals surface area (Å²) >= 11 is 0. The maximum absolute atomic E-state index is 10.9. The summed E-state index contributed by atoms with van der Waals surface area (Å²) in [6.45, 7) is 4.97. The van der Waals surface area contributed by atoms with Gasteiger partial charge in [-0.2, -0.15) is 0 Å². The molecule has 1 unspecified atom stereocenters. The summed E-state index contributed by atoms with van der Waals surface area (Å²) in [7, 11) is 0. The highest BCUT2D eigenvalue weighted by molar-refractivity contribution is 5.85. The Morgan fingerprint density at radius 1 is 1.60 bits per heavy atom. The third kappa shape index (κ3) is 6.67. The number of halogens is 1. The number of morpholine rings is 1. The summed E-state index contributed by atoms with van der Waals surface area (Å²) in [5.74, 6) is -0.323. The van der Waals surface area contributed by atoms with E-state index in [4.69, 9.17) is 14.2 Å². The van der Waals surface area contributed by atoms with Gasteiger partial charge in [-0.25, -0.2) is 4.79 Å². The standard InChI is InChI=1S/C9H17NO4.ClH/c1-2-13-9(11)7-12-6-8-5-10-3-4-14-8;/h8,10H,2-7H2,1H3;1H. The van der Waals surface area contributed by atoms with Crippen molar-refractivity contribution in [3.8, 4) is 0 Å². The molecule has 0 radical (unpaired) electrons. The summed E-state index contributed by atoms with van der Waals surface area (Å²) in [6.07, 6.45) is 0.0539. The second-order valence-corrected chi connectivity index (χ2v) is 3.02. The quantitative estimate of drug-likeness (QED) is 0.684. The first-order chi connectivity index (χ1) is 6.83. The summed E-state index contributed by atoms with van der Waals surface area (Å²) in [6, 6.07) is 0. The van der Waals surface area contributed by atoms with Gasteiger partial charge in [0, 0.05) is 13.1 Å². The fourth-order valence-corrected chi connectivity index (χ4v) is 1.20. The Balaban J connectivity index is 0.00000196. The molecule has 1 aliphatic heterocycles. The topological polar surface area (TPSA) is 56.8 Å². The number of carbonyl (C=O) groups excluding carboxylic acids is 1. The van der Waals surface area contributed by atoms with Gasteiger partial charge in [-0.1, -0.05) is 0 Å². The Hall–Kier alpha value is -0.360. The zero-order valence-corrected chi connectivity index (χ0v) is 9.68. The van der Waals surface area contributed by atoms with Crippen LogP contribution in [0.25, 0.3) is 0 Å². The number of carbonyl (C=O) groups is 1. The largest absolute Gasteiger partial charge is 0.464 e. The minimum atomic E-state index is -0.323. The van der Waals surface area contributed by atoms with Crippen LogP contribution in [0, 0.1) is 0 Å². The second kappa shape index (κ2) is 8.91. The average molecular weight is 240 g/mol. The zero-order valence-electron chi connectivity index (χ0n) is 8.86. The molecule has 1 saturated heterocycles. The molecule has 0 saturated carbocycles. The van der Waals surface area contributed by atoms with E-state index in [0.717, 1.165) is 13.1 Å². The van der Waals surface area contributed by atoms with Crippen LogP contribution in [-0.4, -0.2) is 51.6 Å². The first-order valence-corrected chi connectivity index (χ1v) is 4.88. The maximum Gasteiger partial charge on any atom is 0.332 e. The molecular weight excluding hydrogens is 222 g/mol. The molecular formula is C9H18ClNO4. The third-order valence-electron chi connectivity index (χ3n) is 1.83. The van der Waals surface area contributed by atoms with E-state index in [0.29, 0.717) is 19.8 Å². The van der Waals surface area contributed by atoms with Crippen LogP contribution in [0.4, 0.5) is 0 Å². The van der Waals surface area contributed by atoms with E-state index in [1.165, 1.54) is 0 Å². The molecule has 1 rings (SSSR count). The molecule has 0 spiro atoms. The summed E-state index contributed by atoms with van der Waals surface area (Å²) in [5.41, 5.74) is 0. The van der Waals surface area contributed by atoms with Crippen molar-refractivity contribution >= 4 is 18.4 Å². The molecule has 5 nitrogen and oxygen atoms in total. The predicted octanol–water partition coefficient (Wildman–Crippen LogP) is -0.0237. The monoisotopic (exact) mass is 239 g/mol. The molecule has 15 heavy (non-hydrogen) atoms. The fourth-order valence-electron chi connectivity index (χ4n) is 1.20. The summed E-state index contributed by atoms with van der Waals surface area (Å²) < 4.78 is 15.2. The molecule has 0 bridgehead atoms. The summed E-state index contributed by atoms with van der Waals surface area (Å²) in [4.78, 5) is 10.9. The van der Waals surface area contributed by atoms with Crippen LogP contribution >= 0.6 is 12.4 Å². The van der Waals surface area contributed by atoms with Crippen LogP contribution in [0.1, 0.15) is 6.92 Å². The summed E-state index contributed by atoms with van der Waals surface area (Å²) in [5, 5.41) is 3.18. The van der Waals surface area contributed by atoms with Crippen LogP contribution < -0.4 is 5.32 Å². The number of esters is 1. The van der Waals surface area contributed by atoms with Crippen molar-refractivity contribution in [2.45, 2.75) is 13.0 Å². The molecule has 0 aromatic heterocycles. The fraction of sp³-hybridized carbons (Fsp3) is 0.889. The van der Waals surface area contributed by atoms with E-state index in [-0.39, 0.29) is 31.1 Å². The number of ether oxygens (including phenoxy) is 3. The molecule has 6 heteroatoms.